The molecule has 0 amide bonds. The summed E-state index contributed by atoms with van der Waals surface area (Å²) in [5, 5.41) is 0.125. The van der Waals surface area contributed by atoms with Crippen molar-refractivity contribution in [2.75, 3.05) is 6.54 Å². The van der Waals surface area contributed by atoms with Gasteiger partial charge in [-0.25, -0.2) is 13.4 Å². The summed E-state index contributed by atoms with van der Waals surface area (Å²) in [5.41, 5.74) is 6.31. The highest BCUT2D eigenvalue weighted by atomic mass is 32.2. The van der Waals surface area contributed by atoms with E-state index in [1.54, 1.807) is 16.4 Å². The number of pyridine rings is 1. The molecule has 6 heteroatoms. The lowest BCUT2D eigenvalue weighted by Gasteiger charge is -2.22. The maximum atomic E-state index is 12.4. The van der Waals surface area contributed by atoms with Gasteiger partial charge >= 0.3 is 0 Å². The first-order valence-corrected chi connectivity index (χ1v) is 7.70. The molecule has 1 saturated heterocycles. The van der Waals surface area contributed by atoms with E-state index in [9.17, 15) is 8.42 Å². The molecule has 0 aromatic carbocycles. The molecule has 0 aliphatic carbocycles. The van der Waals surface area contributed by atoms with Gasteiger partial charge in [-0.05, 0) is 30.9 Å². The molecular weight excluding hydrogens is 250 g/mol. The Hall–Kier alpha value is -0.980. The molecule has 0 bridgehead atoms. The van der Waals surface area contributed by atoms with Crippen molar-refractivity contribution < 1.29 is 8.42 Å². The number of aromatic nitrogens is 1. The highest BCUT2D eigenvalue weighted by molar-refractivity contribution is 7.89. The van der Waals surface area contributed by atoms with Gasteiger partial charge in [0, 0.05) is 25.3 Å². The summed E-state index contributed by atoms with van der Waals surface area (Å²) in [6.07, 6.45) is 4.25. The van der Waals surface area contributed by atoms with Crippen molar-refractivity contribution in [3.8, 4) is 0 Å². The number of nitrogens with zero attached hydrogens (tertiary/aromatic N) is 2. The first-order valence-electron chi connectivity index (χ1n) is 6.26. The molecule has 100 valence electrons. The van der Waals surface area contributed by atoms with Gasteiger partial charge in [-0.15, -0.1) is 0 Å². The van der Waals surface area contributed by atoms with Gasteiger partial charge in [-0.1, -0.05) is 13.0 Å². The van der Waals surface area contributed by atoms with E-state index in [4.69, 9.17) is 5.73 Å². The van der Waals surface area contributed by atoms with Crippen LogP contribution in [0.15, 0.2) is 23.4 Å². The lowest BCUT2D eigenvalue weighted by molar-refractivity contribution is 0.378. The second-order valence-electron chi connectivity index (χ2n) is 4.53. The molecular formula is C12H19N3O2S. The minimum absolute atomic E-state index is 0.117. The molecule has 1 aromatic heterocycles. The Morgan fingerprint density at radius 1 is 1.50 bits per heavy atom. The van der Waals surface area contributed by atoms with Crippen molar-refractivity contribution in [1.82, 2.24) is 9.29 Å². The maximum absolute atomic E-state index is 12.4. The second-order valence-corrected chi connectivity index (χ2v) is 6.37. The fraction of sp³-hybridized carbons (Fsp3) is 0.583. The lowest BCUT2D eigenvalue weighted by Crippen LogP contribution is -2.35. The lowest BCUT2D eigenvalue weighted by atomic mass is 10.2. The number of hydrogen-bond donors (Lipinski definition) is 1. The van der Waals surface area contributed by atoms with Crippen LogP contribution in [0.25, 0.3) is 0 Å². The summed E-state index contributed by atoms with van der Waals surface area (Å²) in [5.74, 6) is 0. The fourth-order valence-corrected chi connectivity index (χ4v) is 4.02. The van der Waals surface area contributed by atoms with Gasteiger partial charge in [0.25, 0.3) is 10.0 Å². The second kappa shape index (κ2) is 5.34. The Bertz CT molecular complexity index is 499. The molecule has 1 fully saturated rings. The van der Waals surface area contributed by atoms with Gasteiger partial charge in [-0.2, -0.15) is 4.31 Å². The van der Waals surface area contributed by atoms with E-state index in [2.05, 4.69) is 4.98 Å². The van der Waals surface area contributed by atoms with Gasteiger partial charge in [-0.3, -0.25) is 0 Å². The van der Waals surface area contributed by atoms with Crippen LogP contribution >= 0.6 is 0 Å². The van der Waals surface area contributed by atoms with E-state index in [1.807, 2.05) is 6.92 Å². The van der Waals surface area contributed by atoms with E-state index < -0.39 is 10.0 Å². The molecule has 1 aromatic rings. The van der Waals surface area contributed by atoms with Crippen LogP contribution < -0.4 is 5.73 Å². The summed E-state index contributed by atoms with van der Waals surface area (Å²) in [6.45, 7) is 2.99. The molecule has 0 spiro atoms. The zero-order chi connectivity index (χ0) is 13.2. The summed E-state index contributed by atoms with van der Waals surface area (Å²) in [6, 6.07) is 3.38. The first-order chi connectivity index (χ1) is 8.59. The smallest absolute Gasteiger partial charge is 0.260 e. The van der Waals surface area contributed by atoms with Crippen LogP contribution in [-0.4, -0.2) is 30.3 Å². The van der Waals surface area contributed by atoms with E-state index in [0.29, 0.717) is 13.1 Å². The van der Waals surface area contributed by atoms with Gasteiger partial charge in [0.15, 0.2) is 5.03 Å². The molecule has 0 saturated carbocycles. The van der Waals surface area contributed by atoms with Crippen LogP contribution in [0.3, 0.4) is 0 Å². The van der Waals surface area contributed by atoms with Crippen molar-refractivity contribution >= 4 is 10.0 Å². The van der Waals surface area contributed by atoms with Gasteiger partial charge < -0.3 is 5.73 Å². The van der Waals surface area contributed by atoms with Crippen LogP contribution in [0.5, 0.6) is 0 Å². The van der Waals surface area contributed by atoms with Crippen LogP contribution in [0.2, 0.25) is 0 Å². The Morgan fingerprint density at radius 3 is 2.83 bits per heavy atom. The van der Waals surface area contributed by atoms with Crippen LogP contribution in [0, 0.1) is 0 Å². The zero-order valence-electron chi connectivity index (χ0n) is 10.5. The van der Waals surface area contributed by atoms with E-state index in [0.717, 1.165) is 24.8 Å². The normalized spacial score (nSPS) is 21.3. The molecule has 1 unspecified atom stereocenters. The fourth-order valence-electron chi connectivity index (χ4n) is 2.34. The number of hydrogen-bond acceptors (Lipinski definition) is 4. The molecule has 5 nitrogen and oxygen atoms in total. The predicted octanol–water partition coefficient (Wildman–Crippen LogP) is 1.10. The summed E-state index contributed by atoms with van der Waals surface area (Å²) in [7, 11) is -3.44. The van der Waals surface area contributed by atoms with Gasteiger partial charge in [0.2, 0.25) is 0 Å². The average Bonchev–Trinajstić information content (AvgIpc) is 2.88. The molecule has 2 rings (SSSR count). The van der Waals surface area contributed by atoms with Crippen molar-refractivity contribution in [1.29, 1.82) is 0 Å². The van der Waals surface area contributed by atoms with Crippen LogP contribution in [0.4, 0.5) is 0 Å². The van der Waals surface area contributed by atoms with Crippen molar-refractivity contribution in [2.24, 2.45) is 5.73 Å². The van der Waals surface area contributed by atoms with Gasteiger partial charge in [0.1, 0.15) is 0 Å². The van der Waals surface area contributed by atoms with Gasteiger partial charge in [0.05, 0.1) is 0 Å². The minimum atomic E-state index is -3.44. The number of sulfonamides is 1. The molecule has 2 N–H and O–H groups in total. The quantitative estimate of drug-likeness (QED) is 0.888. The monoisotopic (exact) mass is 269 g/mol. The minimum Gasteiger partial charge on any atom is -0.326 e. The van der Waals surface area contributed by atoms with Crippen LogP contribution in [-0.2, 0) is 16.6 Å². The summed E-state index contributed by atoms with van der Waals surface area (Å²) >= 11 is 0. The largest absolute Gasteiger partial charge is 0.326 e. The van der Waals surface area contributed by atoms with Crippen molar-refractivity contribution in [3.05, 3.63) is 23.9 Å². The SMILES string of the molecule is CCC1CCCN1S(=O)(=O)c1ccc(CN)cn1. The standard InChI is InChI=1S/C12H19N3O2S/c1-2-11-4-3-7-15(11)18(16,17)12-6-5-10(8-13)9-14-12/h5-6,9,11H,2-4,7-8,13H2,1H3. The third-order valence-electron chi connectivity index (χ3n) is 3.40. The van der Waals surface area contributed by atoms with E-state index in [1.165, 1.54) is 6.20 Å². The highest BCUT2D eigenvalue weighted by Gasteiger charge is 2.34. The molecule has 0 radical (unpaired) electrons. The zero-order valence-corrected chi connectivity index (χ0v) is 11.4. The molecule has 1 aliphatic heterocycles. The highest BCUT2D eigenvalue weighted by Crippen LogP contribution is 2.26. The Morgan fingerprint density at radius 2 is 2.28 bits per heavy atom. The maximum Gasteiger partial charge on any atom is 0.260 e. The number of nitrogens with two attached hydrogens (primary N) is 1. The topological polar surface area (TPSA) is 76.3 Å². The molecule has 1 atom stereocenters. The van der Waals surface area contributed by atoms with Crippen LogP contribution in [0.1, 0.15) is 31.7 Å². The predicted molar refractivity (Wildman–Crippen MR) is 69.3 cm³/mol. The van der Waals surface area contributed by atoms with E-state index >= 15 is 0 Å². The molecule has 2 heterocycles. The van der Waals surface area contributed by atoms with Crippen molar-refractivity contribution in [2.45, 2.75) is 43.8 Å². The Balaban J connectivity index is 2.29. The number of rotatable bonds is 4. The molecule has 1 aliphatic rings. The summed E-state index contributed by atoms with van der Waals surface area (Å²) < 4.78 is 26.5. The molecule has 18 heavy (non-hydrogen) atoms. The Labute approximate surface area is 108 Å². The first kappa shape index (κ1) is 13.5. The third-order valence-corrected chi connectivity index (χ3v) is 5.27. The van der Waals surface area contributed by atoms with Crippen molar-refractivity contribution in [3.63, 3.8) is 0 Å². The third kappa shape index (κ3) is 2.41. The Kier molecular flexibility index (Phi) is 3.99. The van der Waals surface area contributed by atoms with E-state index in [-0.39, 0.29) is 11.1 Å². The summed E-state index contributed by atoms with van der Waals surface area (Å²) in [4.78, 5) is 4.02. The average molecular weight is 269 g/mol.